The van der Waals surface area contributed by atoms with Crippen LogP contribution in [0.4, 0.5) is 11.5 Å². The third-order valence-electron chi connectivity index (χ3n) is 3.51. The molecule has 19 heavy (non-hydrogen) atoms. The molecule has 0 saturated carbocycles. The summed E-state index contributed by atoms with van der Waals surface area (Å²) >= 11 is 0. The molecular formula is C12H15N3O4. The minimum Gasteiger partial charge on any atom is -0.480 e. The zero-order valence-corrected chi connectivity index (χ0v) is 10.7. The molecule has 0 bridgehead atoms. The molecule has 0 radical (unpaired) electrons. The number of rotatable bonds is 3. The summed E-state index contributed by atoms with van der Waals surface area (Å²) in [4.78, 5) is 27.5. The normalized spacial score (nSPS) is 22.5. The third kappa shape index (κ3) is 2.23. The van der Waals surface area contributed by atoms with Crippen molar-refractivity contribution in [2.75, 3.05) is 11.4 Å². The van der Waals surface area contributed by atoms with Crippen molar-refractivity contribution in [2.45, 2.75) is 26.3 Å². The van der Waals surface area contributed by atoms with Gasteiger partial charge in [0.25, 0.3) is 0 Å². The summed E-state index contributed by atoms with van der Waals surface area (Å²) in [5.74, 6) is -0.872. The predicted octanol–water partition coefficient (Wildman–Crippen LogP) is 1.60. The SMILES string of the molecule is Cc1ccnc(N2CCC(C)C2C(=O)O)c1[N+](=O)[O-]. The van der Waals surface area contributed by atoms with Gasteiger partial charge >= 0.3 is 11.7 Å². The van der Waals surface area contributed by atoms with Crippen LogP contribution in [-0.2, 0) is 4.79 Å². The van der Waals surface area contributed by atoms with Gasteiger partial charge in [-0.3, -0.25) is 10.1 Å². The molecule has 1 aliphatic rings. The molecule has 0 aromatic carbocycles. The highest BCUT2D eigenvalue weighted by Gasteiger charge is 2.40. The molecule has 0 aliphatic carbocycles. The van der Waals surface area contributed by atoms with Crippen LogP contribution in [0.25, 0.3) is 0 Å². The molecule has 7 heteroatoms. The summed E-state index contributed by atoms with van der Waals surface area (Å²) in [7, 11) is 0. The molecule has 0 spiro atoms. The fraction of sp³-hybridized carbons (Fsp3) is 0.500. The van der Waals surface area contributed by atoms with Gasteiger partial charge in [-0.25, -0.2) is 9.78 Å². The second-order valence-electron chi connectivity index (χ2n) is 4.80. The Morgan fingerprint density at radius 3 is 2.89 bits per heavy atom. The van der Waals surface area contributed by atoms with Crippen molar-refractivity contribution in [3.8, 4) is 0 Å². The van der Waals surface area contributed by atoms with Gasteiger partial charge in [-0.05, 0) is 25.3 Å². The maximum atomic E-state index is 11.3. The van der Waals surface area contributed by atoms with Crippen LogP contribution in [0.5, 0.6) is 0 Å². The van der Waals surface area contributed by atoms with E-state index in [2.05, 4.69) is 4.98 Å². The molecule has 1 N–H and O–H groups in total. The second kappa shape index (κ2) is 4.83. The van der Waals surface area contributed by atoms with E-state index in [4.69, 9.17) is 0 Å². The summed E-state index contributed by atoms with van der Waals surface area (Å²) in [5, 5.41) is 20.4. The lowest BCUT2D eigenvalue weighted by Crippen LogP contribution is -2.39. The van der Waals surface area contributed by atoms with Crippen molar-refractivity contribution in [1.29, 1.82) is 0 Å². The van der Waals surface area contributed by atoms with E-state index in [0.29, 0.717) is 18.5 Å². The molecule has 2 rings (SSSR count). The topological polar surface area (TPSA) is 96.6 Å². The quantitative estimate of drug-likeness (QED) is 0.658. The Morgan fingerprint density at radius 1 is 1.63 bits per heavy atom. The summed E-state index contributed by atoms with van der Waals surface area (Å²) < 4.78 is 0. The number of carboxylic acids is 1. The number of pyridine rings is 1. The fourth-order valence-corrected chi connectivity index (χ4v) is 2.53. The molecule has 1 aliphatic heterocycles. The summed E-state index contributed by atoms with van der Waals surface area (Å²) in [6.45, 7) is 3.93. The van der Waals surface area contributed by atoms with E-state index in [1.165, 1.54) is 11.1 Å². The molecule has 2 heterocycles. The molecule has 2 atom stereocenters. The molecule has 1 saturated heterocycles. The number of nitro groups is 1. The first-order valence-corrected chi connectivity index (χ1v) is 6.03. The van der Waals surface area contributed by atoms with Gasteiger partial charge in [0.15, 0.2) is 0 Å². The fourth-order valence-electron chi connectivity index (χ4n) is 2.53. The standard InChI is InChI=1S/C12H15N3O4/c1-7-3-5-13-11(9(7)15(18)19)14-6-4-8(2)10(14)12(16)17/h3,5,8,10H,4,6H2,1-2H3,(H,16,17). The smallest absolute Gasteiger partial charge is 0.326 e. The van der Waals surface area contributed by atoms with E-state index in [0.717, 1.165) is 0 Å². The number of nitrogens with zero attached hydrogens (tertiary/aromatic N) is 3. The average molecular weight is 265 g/mol. The summed E-state index contributed by atoms with van der Waals surface area (Å²) in [6.07, 6.45) is 2.16. The number of aliphatic carboxylic acids is 1. The van der Waals surface area contributed by atoms with Crippen molar-refractivity contribution in [3.05, 3.63) is 27.9 Å². The first kappa shape index (κ1) is 13.3. The van der Waals surface area contributed by atoms with Crippen LogP contribution < -0.4 is 4.90 Å². The zero-order valence-electron chi connectivity index (χ0n) is 10.7. The third-order valence-corrected chi connectivity index (χ3v) is 3.51. The van der Waals surface area contributed by atoms with E-state index in [1.54, 1.807) is 13.0 Å². The lowest BCUT2D eigenvalue weighted by Gasteiger charge is -2.24. The van der Waals surface area contributed by atoms with Crippen LogP contribution in [0.2, 0.25) is 0 Å². The van der Waals surface area contributed by atoms with E-state index in [1.807, 2.05) is 6.92 Å². The number of carboxylic acid groups (broad SMARTS) is 1. The zero-order chi connectivity index (χ0) is 14.2. The Hall–Kier alpha value is -2.18. The lowest BCUT2D eigenvalue weighted by molar-refractivity contribution is -0.384. The maximum Gasteiger partial charge on any atom is 0.326 e. The Balaban J connectivity index is 2.50. The van der Waals surface area contributed by atoms with Gasteiger partial charge < -0.3 is 10.0 Å². The highest BCUT2D eigenvalue weighted by molar-refractivity contribution is 5.80. The largest absolute Gasteiger partial charge is 0.480 e. The van der Waals surface area contributed by atoms with Gasteiger partial charge in [0.1, 0.15) is 6.04 Å². The molecule has 102 valence electrons. The Morgan fingerprint density at radius 2 is 2.32 bits per heavy atom. The van der Waals surface area contributed by atoms with Gasteiger partial charge in [-0.15, -0.1) is 0 Å². The molecule has 1 fully saturated rings. The van der Waals surface area contributed by atoms with Crippen LogP contribution in [-0.4, -0.2) is 33.6 Å². The number of aryl methyl sites for hydroxylation is 1. The first-order valence-electron chi connectivity index (χ1n) is 6.03. The number of aromatic nitrogens is 1. The minimum atomic E-state index is -0.970. The van der Waals surface area contributed by atoms with Crippen LogP contribution in [0, 0.1) is 23.0 Å². The molecule has 2 unspecified atom stereocenters. The van der Waals surface area contributed by atoms with Crippen molar-refractivity contribution in [1.82, 2.24) is 4.98 Å². The molecule has 1 aromatic heterocycles. The van der Waals surface area contributed by atoms with Gasteiger partial charge in [0.05, 0.1) is 4.92 Å². The predicted molar refractivity (Wildman–Crippen MR) is 68.2 cm³/mol. The molecule has 0 amide bonds. The van der Waals surface area contributed by atoms with Crippen molar-refractivity contribution >= 4 is 17.5 Å². The first-order chi connectivity index (χ1) is 8.93. The second-order valence-corrected chi connectivity index (χ2v) is 4.80. The Bertz CT molecular complexity index is 532. The van der Waals surface area contributed by atoms with Gasteiger partial charge in [0.2, 0.25) is 5.82 Å². The average Bonchev–Trinajstić information content (AvgIpc) is 2.70. The monoisotopic (exact) mass is 265 g/mol. The number of anilines is 1. The van der Waals surface area contributed by atoms with Gasteiger partial charge in [-0.2, -0.15) is 0 Å². The van der Waals surface area contributed by atoms with Crippen LogP contribution in [0.15, 0.2) is 12.3 Å². The summed E-state index contributed by atoms with van der Waals surface area (Å²) in [5.41, 5.74) is 0.376. The number of hydrogen-bond donors (Lipinski definition) is 1. The summed E-state index contributed by atoms with van der Waals surface area (Å²) in [6, 6.07) is 0.796. The highest BCUT2D eigenvalue weighted by Crippen LogP contribution is 2.35. The molecule has 7 nitrogen and oxygen atoms in total. The van der Waals surface area contributed by atoms with Crippen molar-refractivity contribution < 1.29 is 14.8 Å². The van der Waals surface area contributed by atoms with E-state index in [9.17, 15) is 20.0 Å². The number of carbonyl (C=O) groups is 1. The Labute approximate surface area is 110 Å². The Kier molecular flexibility index (Phi) is 3.37. The van der Waals surface area contributed by atoms with Gasteiger partial charge in [-0.1, -0.05) is 6.92 Å². The van der Waals surface area contributed by atoms with Crippen molar-refractivity contribution in [3.63, 3.8) is 0 Å². The van der Waals surface area contributed by atoms with Gasteiger partial charge in [0, 0.05) is 18.3 Å². The number of hydrogen-bond acceptors (Lipinski definition) is 5. The molecular weight excluding hydrogens is 250 g/mol. The molecule has 1 aromatic rings. The van der Waals surface area contributed by atoms with Crippen molar-refractivity contribution in [2.24, 2.45) is 5.92 Å². The van der Waals surface area contributed by atoms with Crippen LogP contribution in [0.1, 0.15) is 18.9 Å². The maximum absolute atomic E-state index is 11.3. The minimum absolute atomic E-state index is 0.0561. The van der Waals surface area contributed by atoms with Crippen LogP contribution >= 0.6 is 0 Å². The lowest BCUT2D eigenvalue weighted by atomic mass is 10.0. The van der Waals surface area contributed by atoms with Crippen LogP contribution in [0.3, 0.4) is 0 Å². The highest BCUT2D eigenvalue weighted by atomic mass is 16.6. The van der Waals surface area contributed by atoms with E-state index in [-0.39, 0.29) is 17.4 Å². The van der Waals surface area contributed by atoms with E-state index >= 15 is 0 Å². The van der Waals surface area contributed by atoms with E-state index < -0.39 is 16.9 Å².